The van der Waals surface area contributed by atoms with E-state index in [0.29, 0.717) is 18.4 Å². The summed E-state index contributed by atoms with van der Waals surface area (Å²) in [7, 11) is 0. The van der Waals surface area contributed by atoms with Crippen LogP contribution in [-0.4, -0.2) is 70.8 Å². The maximum Gasteiger partial charge on any atom is 0.270 e. The number of nitrogens with zero attached hydrogens (tertiary/aromatic N) is 3. The van der Waals surface area contributed by atoms with Crippen LogP contribution in [0.2, 0.25) is 0 Å². The number of aliphatic hydroxyl groups is 1. The molecule has 0 bridgehead atoms. The van der Waals surface area contributed by atoms with E-state index in [-0.39, 0.29) is 24.9 Å². The van der Waals surface area contributed by atoms with Crippen LogP contribution < -0.4 is 4.74 Å². The van der Waals surface area contributed by atoms with Crippen molar-refractivity contribution in [1.29, 1.82) is 0 Å². The van der Waals surface area contributed by atoms with Gasteiger partial charge in [0.1, 0.15) is 24.2 Å². The summed E-state index contributed by atoms with van der Waals surface area (Å²) in [4.78, 5) is 17.7. The second kappa shape index (κ2) is 13.5. The minimum atomic E-state index is -0.578. The number of aliphatic hydroxyl groups excluding tert-OH is 1. The van der Waals surface area contributed by atoms with E-state index in [1.807, 2.05) is 23.1 Å². The number of benzene rings is 3. The highest BCUT2D eigenvalue weighted by Gasteiger charge is 2.26. The van der Waals surface area contributed by atoms with Crippen LogP contribution in [0.15, 0.2) is 66.7 Å². The van der Waals surface area contributed by atoms with Gasteiger partial charge in [0.2, 0.25) is 0 Å². The van der Waals surface area contributed by atoms with Crippen LogP contribution in [0.5, 0.6) is 5.75 Å². The van der Waals surface area contributed by atoms with Gasteiger partial charge in [0, 0.05) is 31.6 Å². The fraction of sp³-hybridized carbons (Fsp3) is 0.457. The molecule has 2 saturated heterocycles. The number of ether oxygens (including phenoxy) is 1. The molecule has 1 amide bonds. The Morgan fingerprint density at radius 2 is 1.64 bits per heavy atom. The Hall–Kier alpha value is -3.06. The highest BCUT2D eigenvalue weighted by Crippen LogP contribution is 2.32. The smallest absolute Gasteiger partial charge is 0.270 e. The number of carbonyl (C=O) groups is 1. The van der Waals surface area contributed by atoms with Gasteiger partial charge in [0.25, 0.3) is 5.91 Å². The van der Waals surface area contributed by atoms with Gasteiger partial charge in [-0.15, -0.1) is 12.4 Å². The van der Waals surface area contributed by atoms with E-state index in [0.717, 1.165) is 80.8 Å². The third-order valence-corrected chi connectivity index (χ3v) is 8.80. The summed E-state index contributed by atoms with van der Waals surface area (Å²) < 4.78 is 8.37. The summed E-state index contributed by atoms with van der Waals surface area (Å²) in [6, 6.07) is 23.4. The molecule has 1 aromatic heterocycles. The molecule has 6 nitrogen and oxygen atoms in total. The van der Waals surface area contributed by atoms with Crippen molar-refractivity contribution in [2.75, 3.05) is 39.3 Å². The van der Waals surface area contributed by atoms with Crippen LogP contribution in [0.1, 0.15) is 61.5 Å². The molecule has 1 atom stereocenters. The standard InChI is InChI=1S/C35H43N3O3.ClH/c1-25(2)22-38-32-10-7-11-34(31(32)21-33(38)35(40)37-16-5-6-17-37)41-24-30(39)23-36-18-14-27(15-19-36)29-13-12-26-8-3-4-9-28(26)20-29;/h3-4,7-13,20-21,25,27,30,39H,5-6,14-19,22-24H2,1-2H3;1H. The molecule has 3 heterocycles. The van der Waals surface area contributed by atoms with Gasteiger partial charge in [-0.3, -0.25) is 4.79 Å². The lowest BCUT2D eigenvalue weighted by molar-refractivity contribution is 0.0599. The number of hydrogen-bond acceptors (Lipinski definition) is 4. The Morgan fingerprint density at radius 3 is 2.38 bits per heavy atom. The lowest BCUT2D eigenvalue weighted by Gasteiger charge is -2.33. The molecule has 0 spiro atoms. The zero-order chi connectivity index (χ0) is 28.3. The fourth-order valence-electron chi connectivity index (χ4n) is 6.65. The second-order valence-corrected chi connectivity index (χ2v) is 12.4. The SMILES string of the molecule is CC(C)Cn1c(C(=O)N2CCCC2)cc2c(OCC(O)CN3CCC(c4ccc5ccccc5c4)CC3)cccc21.Cl. The number of β-amino-alcohol motifs (C(OH)–C–C–N with tert-alkyl or cyclic N) is 1. The lowest BCUT2D eigenvalue weighted by atomic mass is 9.88. The Balaban J connectivity index is 0.00000353. The molecule has 1 unspecified atom stereocenters. The summed E-state index contributed by atoms with van der Waals surface area (Å²) in [6.07, 6.45) is 3.77. The van der Waals surface area contributed by atoms with Crippen LogP contribution in [0.4, 0.5) is 0 Å². The Kier molecular flexibility index (Phi) is 9.77. The van der Waals surface area contributed by atoms with Gasteiger partial charge < -0.3 is 24.2 Å². The molecule has 3 aromatic carbocycles. The third kappa shape index (κ3) is 6.61. The van der Waals surface area contributed by atoms with Crippen molar-refractivity contribution in [3.8, 4) is 5.75 Å². The van der Waals surface area contributed by atoms with Gasteiger partial charge in [-0.25, -0.2) is 0 Å². The fourth-order valence-corrected chi connectivity index (χ4v) is 6.65. The summed E-state index contributed by atoms with van der Waals surface area (Å²) in [5, 5.41) is 14.5. The van der Waals surface area contributed by atoms with E-state index in [1.165, 1.54) is 16.3 Å². The van der Waals surface area contributed by atoms with E-state index < -0.39 is 6.10 Å². The van der Waals surface area contributed by atoms with Gasteiger partial charge in [-0.1, -0.05) is 62.4 Å². The van der Waals surface area contributed by atoms with Gasteiger partial charge in [0.05, 0.1) is 5.52 Å². The zero-order valence-electron chi connectivity index (χ0n) is 24.9. The number of fused-ring (bicyclic) bond motifs is 2. The highest BCUT2D eigenvalue weighted by atomic mass is 35.5. The lowest BCUT2D eigenvalue weighted by Crippen LogP contribution is -2.40. The number of rotatable bonds is 9. The molecule has 0 radical (unpaired) electrons. The first-order valence-corrected chi connectivity index (χ1v) is 15.4. The van der Waals surface area contributed by atoms with Gasteiger partial charge in [-0.05, 0) is 85.1 Å². The van der Waals surface area contributed by atoms with Gasteiger partial charge in [-0.2, -0.15) is 0 Å². The molecule has 224 valence electrons. The maximum absolute atomic E-state index is 13.4. The van der Waals surface area contributed by atoms with Gasteiger partial charge in [0.15, 0.2) is 0 Å². The molecule has 6 rings (SSSR count). The highest BCUT2D eigenvalue weighted by molar-refractivity contribution is 6.00. The molecule has 7 heteroatoms. The largest absolute Gasteiger partial charge is 0.490 e. The summed E-state index contributed by atoms with van der Waals surface area (Å²) in [6.45, 7) is 9.58. The van der Waals surface area contributed by atoms with Crippen LogP contribution in [0, 0.1) is 5.92 Å². The van der Waals surface area contributed by atoms with E-state index in [4.69, 9.17) is 4.74 Å². The van der Waals surface area contributed by atoms with Crippen LogP contribution in [0.25, 0.3) is 21.7 Å². The van der Waals surface area contributed by atoms with Crippen LogP contribution in [-0.2, 0) is 6.54 Å². The molecular formula is C35H44ClN3O3. The minimum Gasteiger partial charge on any atom is -0.490 e. The first-order valence-electron chi connectivity index (χ1n) is 15.4. The van der Waals surface area contributed by atoms with Crippen molar-refractivity contribution < 1.29 is 14.6 Å². The number of likely N-dealkylation sites (tertiary alicyclic amines) is 2. The van der Waals surface area contributed by atoms with E-state index >= 15 is 0 Å². The molecular weight excluding hydrogens is 546 g/mol. The Bertz CT molecular complexity index is 1500. The van der Waals surface area contributed by atoms with Crippen LogP contribution in [0.3, 0.4) is 0 Å². The molecule has 4 aromatic rings. The van der Waals surface area contributed by atoms with Crippen molar-refractivity contribution in [3.05, 3.63) is 78.0 Å². The van der Waals surface area contributed by atoms with Crippen molar-refractivity contribution >= 4 is 40.0 Å². The quantitative estimate of drug-likeness (QED) is 0.235. The third-order valence-electron chi connectivity index (χ3n) is 8.80. The molecule has 2 aliphatic rings. The van der Waals surface area contributed by atoms with Crippen molar-refractivity contribution in [2.45, 2.75) is 58.1 Å². The average Bonchev–Trinajstić information content (AvgIpc) is 3.65. The number of aromatic nitrogens is 1. The Labute approximate surface area is 255 Å². The predicted molar refractivity (Wildman–Crippen MR) is 173 cm³/mol. The Morgan fingerprint density at radius 1 is 0.905 bits per heavy atom. The molecule has 1 N–H and O–H groups in total. The van der Waals surface area contributed by atoms with Crippen molar-refractivity contribution in [2.24, 2.45) is 5.92 Å². The monoisotopic (exact) mass is 589 g/mol. The molecule has 42 heavy (non-hydrogen) atoms. The van der Waals surface area contributed by atoms with E-state index in [2.05, 4.69) is 71.8 Å². The van der Waals surface area contributed by atoms with Crippen molar-refractivity contribution in [1.82, 2.24) is 14.4 Å². The normalized spacial score (nSPS) is 17.2. The minimum absolute atomic E-state index is 0. The van der Waals surface area contributed by atoms with Crippen molar-refractivity contribution in [3.63, 3.8) is 0 Å². The summed E-state index contributed by atoms with van der Waals surface area (Å²) >= 11 is 0. The second-order valence-electron chi connectivity index (χ2n) is 12.4. The zero-order valence-corrected chi connectivity index (χ0v) is 25.7. The van der Waals surface area contributed by atoms with E-state index in [9.17, 15) is 9.90 Å². The topological polar surface area (TPSA) is 57.9 Å². The first kappa shape index (κ1) is 30.4. The summed E-state index contributed by atoms with van der Waals surface area (Å²) in [5.41, 5.74) is 3.18. The summed E-state index contributed by atoms with van der Waals surface area (Å²) in [5.74, 6) is 1.81. The molecule has 2 fully saturated rings. The molecule has 0 aliphatic carbocycles. The number of hydrogen-bond donors (Lipinski definition) is 1. The van der Waals surface area contributed by atoms with Crippen LogP contribution >= 0.6 is 12.4 Å². The number of halogens is 1. The van der Waals surface area contributed by atoms with Gasteiger partial charge >= 0.3 is 0 Å². The predicted octanol–water partition coefficient (Wildman–Crippen LogP) is 6.73. The maximum atomic E-state index is 13.4. The number of amides is 1. The number of piperidine rings is 1. The molecule has 0 saturated carbocycles. The first-order chi connectivity index (χ1) is 20.0. The average molecular weight is 590 g/mol. The number of carbonyl (C=O) groups excluding carboxylic acids is 1. The molecule has 2 aliphatic heterocycles. The van der Waals surface area contributed by atoms with E-state index in [1.54, 1.807) is 0 Å².